The first-order valence-electron chi connectivity index (χ1n) is 10.2. The fourth-order valence-corrected chi connectivity index (χ4v) is 5.31. The molecule has 2 amide bonds. The lowest BCUT2D eigenvalue weighted by molar-refractivity contribution is -0.139. The number of nitrogens with zero attached hydrogens (tertiary/aromatic N) is 4. The van der Waals surface area contributed by atoms with Crippen molar-refractivity contribution in [2.24, 2.45) is 0 Å². The summed E-state index contributed by atoms with van der Waals surface area (Å²) in [5.74, 6) is 0.512. The molecule has 2 saturated heterocycles. The molecule has 27 heavy (non-hydrogen) atoms. The van der Waals surface area contributed by atoms with Gasteiger partial charge < -0.3 is 9.80 Å². The summed E-state index contributed by atoms with van der Waals surface area (Å²) in [6.07, 6.45) is 3.27. The van der Waals surface area contributed by atoms with E-state index in [1.165, 1.54) is 10.4 Å². The normalized spacial score (nSPS) is 22.7. The Morgan fingerprint density at radius 1 is 1.04 bits per heavy atom. The van der Waals surface area contributed by atoms with Gasteiger partial charge in [0.2, 0.25) is 11.8 Å². The van der Waals surface area contributed by atoms with Gasteiger partial charge in [-0.15, -0.1) is 11.3 Å². The molecule has 0 radical (unpaired) electrons. The molecule has 0 spiro atoms. The van der Waals surface area contributed by atoms with Crippen molar-refractivity contribution in [2.75, 3.05) is 52.4 Å². The van der Waals surface area contributed by atoms with Crippen molar-refractivity contribution in [3.8, 4) is 0 Å². The molecule has 7 heteroatoms. The highest BCUT2D eigenvalue weighted by Gasteiger charge is 2.31. The highest BCUT2D eigenvalue weighted by molar-refractivity contribution is 7.10. The third-order valence-electron chi connectivity index (χ3n) is 6.25. The fourth-order valence-electron chi connectivity index (χ4n) is 4.42. The Labute approximate surface area is 165 Å². The van der Waals surface area contributed by atoms with Crippen LogP contribution in [-0.4, -0.2) is 89.8 Å². The van der Waals surface area contributed by atoms with E-state index in [1.807, 2.05) is 16.7 Å². The van der Waals surface area contributed by atoms with Gasteiger partial charge in [0.1, 0.15) is 0 Å². The Morgan fingerprint density at radius 3 is 2.52 bits per heavy atom. The number of thiophene rings is 1. The number of fused-ring (bicyclic) bond motifs is 1. The molecule has 1 unspecified atom stereocenters. The standard InChI is InChI=1S/C20H30N4O2S/c1-16(20(26)24-8-4-18-17(14-24)5-13-27-18)22-11-9-21(10-12-22)15-19(25)23-6-2-3-7-23/h5,13,16H,2-4,6-12,14-15H2,1H3. The van der Waals surface area contributed by atoms with Crippen LogP contribution in [0.5, 0.6) is 0 Å². The SMILES string of the molecule is CC(C(=O)N1CCc2sccc2C1)N1CCN(CC(=O)N2CCCC2)CC1. The molecule has 0 aromatic carbocycles. The van der Waals surface area contributed by atoms with E-state index in [0.29, 0.717) is 6.54 Å². The van der Waals surface area contributed by atoms with Crippen molar-refractivity contribution >= 4 is 23.2 Å². The van der Waals surface area contributed by atoms with E-state index in [0.717, 1.165) is 71.6 Å². The Hall–Kier alpha value is -1.44. The number of likely N-dealkylation sites (tertiary alicyclic amines) is 1. The molecule has 4 rings (SSSR count). The van der Waals surface area contributed by atoms with Crippen molar-refractivity contribution < 1.29 is 9.59 Å². The van der Waals surface area contributed by atoms with Gasteiger partial charge in [0.05, 0.1) is 12.6 Å². The summed E-state index contributed by atoms with van der Waals surface area (Å²) >= 11 is 1.80. The summed E-state index contributed by atoms with van der Waals surface area (Å²) < 4.78 is 0. The topological polar surface area (TPSA) is 47.1 Å². The summed E-state index contributed by atoms with van der Waals surface area (Å²) in [5.41, 5.74) is 1.32. The number of rotatable bonds is 4. The average molecular weight is 391 g/mol. The number of carbonyl (C=O) groups excluding carboxylic acids is 2. The third kappa shape index (κ3) is 4.20. The maximum atomic E-state index is 13.0. The first-order valence-corrected chi connectivity index (χ1v) is 11.1. The minimum absolute atomic E-state index is 0.0818. The highest BCUT2D eigenvalue weighted by Crippen LogP contribution is 2.25. The lowest BCUT2D eigenvalue weighted by Gasteiger charge is -2.39. The van der Waals surface area contributed by atoms with E-state index < -0.39 is 0 Å². The number of hydrogen-bond donors (Lipinski definition) is 0. The molecule has 0 N–H and O–H groups in total. The van der Waals surface area contributed by atoms with E-state index in [-0.39, 0.29) is 17.9 Å². The van der Waals surface area contributed by atoms with Gasteiger partial charge in [-0.2, -0.15) is 0 Å². The van der Waals surface area contributed by atoms with E-state index in [1.54, 1.807) is 11.3 Å². The van der Waals surface area contributed by atoms with Crippen LogP contribution in [0.25, 0.3) is 0 Å². The van der Waals surface area contributed by atoms with Crippen molar-refractivity contribution in [2.45, 2.75) is 38.8 Å². The molecule has 1 atom stereocenters. The fraction of sp³-hybridized carbons (Fsp3) is 0.700. The predicted molar refractivity (Wildman–Crippen MR) is 107 cm³/mol. The van der Waals surface area contributed by atoms with Crippen LogP contribution in [0.4, 0.5) is 0 Å². The maximum Gasteiger partial charge on any atom is 0.239 e. The van der Waals surface area contributed by atoms with E-state index in [9.17, 15) is 9.59 Å². The lowest BCUT2D eigenvalue weighted by atomic mass is 10.1. The van der Waals surface area contributed by atoms with Crippen LogP contribution in [0.3, 0.4) is 0 Å². The van der Waals surface area contributed by atoms with E-state index >= 15 is 0 Å². The van der Waals surface area contributed by atoms with Crippen molar-refractivity contribution in [3.63, 3.8) is 0 Å². The van der Waals surface area contributed by atoms with Crippen molar-refractivity contribution in [3.05, 3.63) is 21.9 Å². The maximum absolute atomic E-state index is 13.0. The van der Waals surface area contributed by atoms with Crippen LogP contribution in [0.15, 0.2) is 11.4 Å². The van der Waals surface area contributed by atoms with Gasteiger partial charge in [-0.05, 0) is 43.2 Å². The van der Waals surface area contributed by atoms with Gasteiger partial charge in [-0.3, -0.25) is 19.4 Å². The minimum Gasteiger partial charge on any atom is -0.342 e. The molecule has 148 valence electrons. The largest absolute Gasteiger partial charge is 0.342 e. The molecule has 4 heterocycles. The lowest BCUT2D eigenvalue weighted by Crippen LogP contribution is -2.56. The van der Waals surface area contributed by atoms with Crippen LogP contribution >= 0.6 is 11.3 Å². The summed E-state index contributed by atoms with van der Waals surface area (Å²) in [6.45, 7) is 9.46. The molecule has 2 fully saturated rings. The molecule has 3 aliphatic heterocycles. The molecule has 3 aliphatic rings. The number of piperazine rings is 1. The Balaban J connectivity index is 1.25. The summed E-state index contributed by atoms with van der Waals surface area (Å²) in [5, 5.41) is 2.13. The van der Waals surface area contributed by atoms with Crippen molar-refractivity contribution in [1.82, 2.24) is 19.6 Å². The van der Waals surface area contributed by atoms with Gasteiger partial charge in [0.15, 0.2) is 0 Å². The molecule has 0 aliphatic carbocycles. The van der Waals surface area contributed by atoms with E-state index in [2.05, 4.69) is 21.2 Å². The molecular weight excluding hydrogens is 360 g/mol. The van der Waals surface area contributed by atoms with Gasteiger partial charge >= 0.3 is 0 Å². The zero-order valence-electron chi connectivity index (χ0n) is 16.2. The molecule has 1 aromatic heterocycles. The van der Waals surface area contributed by atoms with Gasteiger partial charge in [-0.1, -0.05) is 0 Å². The first kappa shape index (κ1) is 18.9. The summed E-state index contributed by atoms with van der Waals surface area (Å²) in [7, 11) is 0. The molecule has 6 nitrogen and oxygen atoms in total. The monoisotopic (exact) mass is 390 g/mol. The zero-order valence-corrected chi connectivity index (χ0v) is 17.0. The minimum atomic E-state index is -0.0818. The second-order valence-electron chi connectivity index (χ2n) is 7.95. The summed E-state index contributed by atoms with van der Waals surface area (Å²) in [6, 6.07) is 2.07. The second kappa shape index (κ2) is 8.29. The van der Waals surface area contributed by atoms with Gasteiger partial charge in [0, 0.05) is 57.2 Å². The van der Waals surface area contributed by atoms with Crippen LogP contribution in [0, 0.1) is 0 Å². The Kier molecular flexibility index (Phi) is 5.80. The summed E-state index contributed by atoms with van der Waals surface area (Å²) in [4.78, 5) is 35.3. The van der Waals surface area contributed by atoms with Gasteiger partial charge in [0.25, 0.3) is 0 Å². The smallest absolute Gasteiger partial charge is 0.239 e. The van der Waals surface area contributed by atoms with E-state index in [4.69, 9.17) is 0 Å². The number of hydrogen-bond acceptors (Lipinski definition) is 5. The van der Waals surface area contributed by atoms with Crippen LogP contribution < -0.4 is 0 Å². The molecule has 1 aromatic rings. The second-order valence-corrected chi connectivity index (χ2v) is 8.96. The molecule has 0 saturated carbocycles. The Bertz CT molecular complexity index is 677. The van der Waals surface area contributed by atoms with Crippen LogP contribution in [-0.2, 0) is 22.6 Å². The Morgan fingerprint density at radius 2 is 1.78 bits per heavy atom. The zero-order chi connectivity index (χ0) is 18.8. The third-order valence-corrected chi connectivity index (χ3v) is 7.27. The number of carbonyl (C=O) groups is 2. The first-order chi connectivity index (χ1) is 13.1. The number of amides is 2. The van der Waals surface area contributed by atoms with Gasteiger partial charge in [-0.25, -0.2) is 0 Å². The van der Waals surface area contributed by atoms with Crippen LogP contribution in [0.2, 0.25) is 0 Å². The van der Waals surface area contributed by atoms with Crippen molar-refractivity contribution in [1.29, 1.82) is 0 Å². The average Bonchev–Trinajstić information content (AvgIpc) is 3.38. The quantitative estimate of drug-likeness (QED) is 0.777. The van der Waals surface area contributed by atoms with Crippen LogP contribution in [0.1, 0.15) is 30.2 Å². The predicted octanol–water partition coefficient (Wildman–Crippen LogP) is 1.26. The molecule has 0 bridgehead atoms. The highest BCUT2D eigenvalue weighted by atomic mass is 32.1. The molecular formula is C20H30N4O2S.